The van der Waals surface area contributed by atoms with Crippen molar-refractivity contribution in [2.45, 2.75) is 20.0 Å². The lowest BCUT2D eigenvalue weighted by molar-refractivity contribution is -0.0819. The van der Waals surface area contributed by atoms with E-state index in [0.29, 0.717) is 26.4 Å². The summed E-state index contributed by atoms with van der Waals surface area (Å²) in [5.74, 6) is 0.855. The molecule has 0 radical (unpaired) electrons. The highest BCUT2D eigenvalue weighted by Crippen LogP contribution is 2.37. The molecule has 6 heteroatoms. The maximum atomic E-state index is 5.71. The molecular formula is C19H21N3O2S. The number of fused-ring (bicyclic) bond motifs is 1. The molecule has 0 spiro atoms. The first-order valence-corrected chi connectivity index (χ1v) is 9.33. The molecule has 4 rings (SSSR count). The number of nitrogens with zero attached hydrogens (tertiary/aromatic N) is 2. The van der Waals surface area contributed by atoms with Crippen LogP contribution in [0.5, 0.6) is 0 Å². The Balaban J connectivity index is 1.67. The lowest BCUT2D eigenvalue weighted by Gasteiger charge is -2.23. The van der Waals surface area contributed by atoms with E-state index in [9.17, 15) is 0 Å². The average Bonchev–Trinajstić information content (AvgIpc) is 3.08. The van der Waals surface area contributed by atoms with Gasteiger partial charge in [0, 0.05) is 17.5 Å². The third-order valence-electron chi connectivity index (χ3n) is 4.57. The van der Waals surface area contributed by atoms with Gasteiger partial charge in [0.15, 0.2) is 0 Å². The summed E-state index contributed by atoms with van der Waals surface area (Å²) in [7, 11) is 0. The second-order valence-corrected chi connectivity index (χ2v) is 7.16. The van der Waals surface area contributed by atoms with E-state index in [0.717, 1.165) is 16.0 Å². The molecule has 0 amide bonds. The van der Waals surface area contributed by atoms with E-state index < -0.39 is 0 Å². The van der Waals surface area contributed by atoms with Gasteiger partial charge in [0.2, 0.25) is 0 Å². The van der Waals surface area contributed by atoms with Crippen LogP contribution in [0.25, 0.3) is 21.3 Å². The van der Waals surface area contributed by atoms with E-state index in [4.69, 9.17) is 9.47 Å². The molecule has 1 unspecified atom stereocenters. The molecule has 25 heavy (non-hydrogen) atoms. The molecule has 1 aliphatic heterocycles. The van der Waals surface area contributed by atoms with Gasteiger partial charge in [-0.2, -0.15) is 0 Å². The summed E-state index contributed by atoms with van der Waals surface area (Å²) >= 11 is 1.65. The van der Waals surface area contributed by atoms with Crippen LogP contribution in [-0.4, -0.2) is 42.4 Å². The van der Waals surface area contributed by atoms with Gasteiger partial charge in [0.1, 0.15) is 17.0 Å². The predicted octanol–water partition coefficient (Wildman–Crippen LogP) is 3.80. The van der Waals surface area contributed by atoms with Crippen molar-refractivity contribution in [2.24, 2.45) is 0 Å². The first-order chi connectivity index (χ1) is 12.2. The molecule has 1 atom stereocenters. The second-order valence-electron chi connectivity index (χ2n) is 6.30. The smallest absolute Gasteiger partial charge is 0.138 e. The van der Waals surface area contributed by atoms with Gasteiger partial charge in [-0.1, -0.05) is 18.2 Å². The second kappa shape index (κ2) is 7.07. The molecule has 2 aromatic heterocycles. The maximum absolute atomic E-state index is 5.71. The van der Waals surface area contributed by atoms with Crippen molar-refractivity contribution in [3.8, 4) is 11.1 Å². The van der Waals surface area contributed by atoms with Gasteiger partial charge in [-0.25, -0.2) is 9.97 Å². The minimum atomic E-state index is 0.0578. The van der Waals surface area contributed by atoms with E-state index in [-0.39, 0.29) is 6.10 Å². The lowest BCUT2D eigenvalue weighted by Crippen LogP contribution is -2.34. The lowest BCUT2D eigenvalue weighted by atomic mass is 10.0. The zero-order valence-electron chi connectivity index (χ0n) is 14.4. The number of benzene rings is 1. The molecule has 5 nitrogen and oxygen atoms in total. The fourth-order valence-electron chi connectivity index (χ4n) is 3.00. The number of hydrogen-bond donors (Lipinski definition) is 1. The van der Waals surface area contributed by atoms with Gasteiger partial charge in [-0.15, -0.1) is 11.3 Å². The van der Waals surface area contributed by atoms with Crippen molar-refractivity contribution in [1.29, 1.82) is 0 Å². The minimum absolute atomic E-state index is 0.0578. The number of ether oxygens (including phenoxy) is 2. The van der Waals surface area contributed by atoms with Crippen molar-refractivity contribution in [1.82, 2.24) is 9.97 Å². The van der Waals surface area contributed by atoms with E-state index in [1.807, 2.05) is 0 Å². The highest BCUT2D eigenvalue weighted by molar-refractivity contribution is 7.17. The minimum Gasteiger partial charge on any atom is -0.376 e. The van der Waals surface area contributed by atoms with Crippen LogP contribution in [0, 0.1) is 13.8 Å². The Hall–Kier alpha value is -2.02. The molecule has 130 valence electrons. The Morgan fingerprint density at radius 3 is 2.92 bits per heavy atom. The van der Waals surface area contributed by atoms with Gasteiger partial charge in [0.05, 0.1) is 31.3 Å². The van der Waals surface area contributed by atoms with Crippen molar-refractivity contribution >= 4 is 27.4 Å². The summed E-state index contributed by atoms with van der Waals surface area (Å²) in [5.41, 5.74) is 4.96. The molecule has 1 fully saturated rings. The van der Waals surface area contributed by atoms with Gasteiger partial charge in [-0.3, -0.25) is 0 Å². The highest BCUT2D eigenvalue weighted by Gasteiger charge is 2.17. The Kier molecular flexibility index (Phi) is 4.65. The number of rotatable bonds is 4. The largest absolute Gasteiger partial charge is 0.376 e. The van der Waals surface area contributed by atoms with Crippen LogP contribution in [0.1, 0.15) is 11.1 Å². The zero-order chi connectivity index (χ0) is 17.2. The van der Waals surface area contributed by atoms with Crippen LogP contribution in [0.15, 0.2) is 29.9 Å². The molecule has 1 aliphatic rings. The van der Waals surface area contributed by atoms with E-state index in [1.165, 1.54) is 22.3 Å². The monoisotopic (exact) mass is 355 g/mol. The summed E-state index contributed by atoms with van der Waals surface area (Å²) in [6.45, 7) is 6.90. The summed E-state index contributed by atoms with van der Waals surface area (Å²) in [6, 6.07) is 6.56. The van der Waals surface area contributed by atoms with Crippen molar-refractivity contribution < 1.29 is 9.47 Å². The molecule has 3 aromatic rings. The molecule has 0 aliphatic carbocycles. The van der Waals surface area contributed by atoms with E-state index in [1.54, 1.807) is 17.7 Å². The van der Waals surface area contributed by atoms with Crippen LogP contribution in [-0.2, 0) is 9.47 Å². The molecule has 1 aromatic carbocycles. The molecular weight excluding hydrogens is 334 g/mol. The molecule has 1 N–H and O–H groups in total. The summed E-state index contributed by atoms with van der Waals surface area (Å²) < 4.78 is 11.2. The molecule has 1 saturated heterocycles. The van der Waals surface area contributed by atoms with E-state index in [2.05, 4.69) is 52.7 Å². The maximum Gasteiger partial charge on any atom is 0.138 e. The number of nitrogens with one attached hydrogen (secondary N) is 1. The number of thiophene rings is 1. The standard InChI is InChI=1S/C19H21N3O2S/c1-12-3-4-14(7-13(12)2)16-10-25-19-17(16)18(21-11-22-19)20-8-15-9-23-5-6-24-15/h3-4,7,10-11,15H,5-6,8-9H2,1-2H3,(H,20,21,22). The normalized spacial score (nSPS) is 17.8. The van der Waals surface area contributed by atoms with Crippen LogP contribution in [0.2, 0.25) is 0 Å². The Bertz CT molecular complexity index is 888. The molecule has 3 heterocycles. The Morgan fingerprint density at radius 1 is 1.20 bits per heavy atom. The third-order valence-corrected chi connectivity index (χ3v) is 5.46. The zero-order valence-corrected chi connectivity index (χ0v) is 15.2. The predicted molar refractivity (Wildman–Crippen MR) is 101 cm³/mol. The van der Waals surface area contributed by atoms with Gasteiger partial charge in [-0.05, 0) is 30.5 Å². The Morgan fingerprint density at radius 2 is 2.12 bits per heavy atom. The summed E-state index contributed by atoms with van der Waals surface area (Å²) in [6.07, 6.45) is 1.67. The fraction of sp³-hybridized carbons (Fsp3) is 0.368. The van der Waals surface area contributed by atoms with Crippen LogP contribution >= 0.6 is 11.3 Å². The van der Waals surface area contributed by atoms with Gasteiger partial charge >= 0.3 is 0 Å². The van der Waals surface area contributed by atoms with Crippen LogP contribution in [0.4, 0.5) is 5.82 Å². The first kappa shape index (κ1) is 16.4. The van der Waals surface area contributed by atoms with Crippen LogP contribution < -0.4 is 5.32 Å². The third kappa shape index (κ3) is 3.38. The highest BCUT2D eigenvalue weighted by atomic mass is 32.1. The van der Waals surface area contributed by atoms with Crippen molar-refractivity contribution in [3.63, 3.8) is 0 Å². The number of hydrogen-bond acceptors (Lipinski definition) is 6. The Labute approximate surface area is 151 Å². The van der Waals surface area contributed by atoms with Crippen molar-refractivity contribution in [3.05, 3.63) is 41.0 Å². The summed E-state index contributed by atoms with van der Waals surface area (Å²) in [4.78, 5) is 9.90. The topological polar surface area (TPSA) is 56.3 Å². The average molecular weight is 355 g/mol. The van der Waals surface area contributed by atoms with Crippen LogP contribution in [0.3, 0.4) is 0 Å². The van der Waals surface area contributed by atoms with Gasteiger partial charge in [0.25, 0.3) is 0 Å². The first-order valence-electron chi connectivity index (χ1n) is 8.45. The summed E-state index contributed by atoms with van der Waals surface area (Å²) in [5, 5.41) is 6.67. The fourth-order valence-corrected chi connectivity index (χ4v) is 3.91. The number of anilines is 1. The quantitative estimate of drug-likeness (QED) is 0.771. The van der Waals surface area contributed by atoms with E-state index >= 15 is 0 Å². The number of aryl methyl sites for hydroxylation is 2. The van der Waals surface area contributed by atoms with Crippen molar-refractivity contribution in [2.75, 3.05) is 31.7 Å². The molecule has 0 bridgehead atoms. The SMILES string of the molecule is Cc1ccc(-c2csc3ncnc(NCC4COCCO4)c23)cc1C. The number of aromatic nitrogens is 2. The van der Waals surface area contributed by atoms with Gasteiger partial charge < -0.3 is 14.8 Å². The molecule has 0 saturated carbocycles.